The first-order valence-electron chi connectivity index (χ1n) is 4.95. The summed E-state index contributed by atoms with van der Waals surface area (Å²) in [7, 11) is 0. The Morgan fingerprint density at radius 1 is 1.35 bits per heavy atom. The van der Waals surface area contributed by atoms with Crippen molar-refractivity contribution in [1.82, 2.24) is 4.98 Å². The normalized spacial score (nSPS) is 10.4. The Labute approximate surface area is 101 Å². The van der Waals surface area contributed by atoms with E-state index in [0.717, 1.165) is 0 Å². The van der Waals surface area contributed by atoms with E-state index in [1.165, 1.54) is 30.1 Å². The second kappa shape index (κ2) is 5.05. The number of hydrogen-bond donors (Lipinski definition) is 2. The lowest BCUT2D eigenvalue weighted by Crippen LogP contribution is -2.01. The highest BCUT2D eigenvalue weighted by atomic mass is 32.2. The van der Waals surface area contributed by atoms with Crippen molar-refractivity contribution >= 4 is 11.8 Å². The summed E-state index contributed by atoms with van der Waals surface area (Å²) < 4.78 is 13.3. The van der Waals surface area contributed by atoms with Gasteiger partial charge in [-0.1, -0.05) is 12.1 Å². The van der Waals surface area contributed by atoms with Gasteiger partial charge in [0, 0.05) is 28.6 Å². The molecule has 2 rings (SSSR count). The van der Waals surface area contributed by atoms with Crippen LogP contribution in [0.15, 0.2) is 46.2 Å². The molecule has 0 spiro atoms. The molecule has 3 nitrogen and oxygen atoms in total. The van der Waals surface area contributed by atoms with E-state index in [0.29, 0.717) is 16.3 Å². The fourth-order valence-corrected chi connectivity index (χ4v) is 2.17. The zero-order chi connectivity index (χ0) is 12.3. The molecule has 88 valence electrons. The van der Waals surface area contributed by atoms with Crippen molar-refractivity contribution in [2.75, 3.05) is 0 Å². The molecular formula is C12H10FNO2S. The Morgan fingerprint density at radius 2 is 2.12 bits per heavy atom. The largest absolute Gasteiger partial charge is 0.503 e. The Kier molecular flexibility index (Phi) is 3.49. The van der Waals surface area contributed by atoms with E-state index in [2.05, 4.69) is 4.98 Å². The summed E-state index contributed by atoms with van der Waals surface area (Å²) in [5.74, 6) is -0.153. The maximum Gasteiger partial charge on any atom is 0.223 e. The third-order valence-corrected chi connectivity index (χ3v) is 3.27. The van der Waals surface area contributed by atoms with Crippen LogP contribution in [-0.4, -0.2) is 10.1 Å². The van der Waals surface area contributed by atoms with Crippen molar-refractivity contribution < 1.29 is 9.50 Å². The Balaban J connectivity index is 2.10. The molecule has 1 aromatic carbocycles. The molecule has 17 heavy (non-hydrogen) atoms. The molecule has 0 aliphatic rings. The van der Waals surface area contributed by atoms with E-state index in [1.807, 2.05) is 0 Å². The van der Waals surface area contributed by atoms with E-state index >= 15 is 0 Å². The van der Waals surface area contributed by atoms with Gasteiger partial charge in [-0.2, -0.15) is 0 Å². The van der Waals surface area contributed by atoms with E-state index in [4.69, 9.17) is 5.11 Å². The molecule has 0 aliphatic carbocycles. The maximum absolute atomic E-state index is 13.3. The van der Waals surface area contributed by atoms with Gasteiger partial charge in [0.25, 0.3) is 0 Å². The predicted molar refractivity (Wildman–Crippen MR) is 64.7 cm³/mol. The molecule has 2 aromatic rings. The molecule has 5 heteroatoms. The van der Waals surface area contributed by atoms with E-state index in [1.54, 1.807) is 18.2 Å². The predicted octanol–water partition coefficient (Wildman–Crippen LogP) is 2.51. The zero-order valence-corrected chi connectivity index (χ0v) is 9.63. The molecular weight excluding hydrogens is 241 g/mol. The molecule has 0 fully saturated rings. The number of aromatic hydroxyl groups is 1. The molecule has 2 N–H and O–H groups in total. The molecule has 0 bridgehead atoms. The molecule has 0 saturated carbocycles. The maximum atomic E-state index is 13.3. The summed E-state index contributed by atoms with van der Waals surface area (Å²) in [6.07, 6.45) is 1.24. The van der Waals surface area contributed by atoms with Crippen molar-refractivity contribution in [2.45, 2.75) is 10.6 Å². The average Bonchev–Trinajstić information content (AvgIpc) is 2.32. The minimum absolute atomic E-state index is 0.279. The van der Waals surface area contributed by atoms with E-state index in [9.17, 15) is 9.18 Å². The number of aromatic amines is 1. The lowest BCUT2D eigenvalue weighted by Gasteiger charge is -2.03. The van der Waals surface area contributed by atoms with Gasteiger partial charge in [-0.15, -0.1) is 11.8 Å². The average molecular weight is 251 g/mol. The minimum atomic E-state index is -0.437. The number of rotatable bonds is 3. The van der Waals surface area contributed by atoms with Crippen molar-refractivity contribution in [3.8, 4) is 5.75 Å². The number of pyridine rings is 1. The van der Waals surface area contributed by atoms with Gasteiger partial charge >= 0.3 is 0 Å². The number of H-pyrrole nitrogens is 1. The highest BCUT2D eigenvalue weighted by Crippen LogP contribution is 2.24. The van der Waals surface area contributed by atoms with Crippen molar-refractivity contribution in [3.05, 3.63) is 58.3 Å². The van der Waals surface area contributed by atoms with Crippen LogP contribution in [0.2, 0.25) is 0 Å². The van der Waals surface area contributed by atoms with Crippen molar-refractivity contribution in [1.29, 1.82) is 0 Å². The van der Waals surface area contributed by atoms with Crippen LogP contribution in [0.3, 0.4) is 0 Å². The van der Waals surface area contributed by atoms with Crippen LogP contribution in [0.1, 0.15) is 5.69 Å². The number of benzene rings is 1. The fourth-order valence-electron chi connectivity index (χ4n) is 1.31. The van der Waals surface area contributed by atoms with Gasteiger partial charge < -0.3 is 10.1 Å². The molecule has 0 saturated heterocycles. The Morgan fingerprint density at radius 3 is 2.82 bits per heavy atom. The zero-order valence-electron chi connectivity index (χ0n) is 8.81. The Bertz CT molecular complexity index is 583. The summed E-state index contributed by atoms with van der Waals surface area (Å²) in [5.41, 5.74) is 0.203. The molecule has 0 aliphatic heterocycles. The van der Waals surface area contributed by atoms with Crippen molar-refractivity contribution in [2.24, 2.45) is 0 Å². The smallest absolute Gasteiger partial charge is 0.223 e. The van der Waals surface area contributed by atoms with Crippen LogP contribution in [0.5, 0.6) is 5.75 Å². The number of thioether (sulfide) groups is 1. The molecule has 1 heterocycles. The van der Waals surface area contributed by atoms with Gasteiger partial charge in [0.1, 0.15) is 5.82 Å². The molecule has 1 aromatic heterocycles. The standard InChI is InChI=1S/C12H10FNO2S/c13-9-3-1-2-4-12(9)17-7-8-5-10(15)11(16)6-14-8/h1-6,16H,7H2,(H,14,15). The van der Waals surface area contributed by atoms with E-state index < -0.39 is 5.43 Å². The summed E-state index contributed by atoms with van der Waals surface area (Å²) in [6.45, 7) is 0. The van der Waals surface area contributed by atoms with Crippen LogP contribution in [0.25, 0.3) is 0 Å². The monoisotopic (exact) mass is 251 g/mol. The lowest BCUT2D eigenvalue weighted by molar-refractivity contribution is 0.467. The summed E-state index contributed by atoms with van der Waals surface area (Å²) in [4.78, 5) is 14.5. The lowest BCUT2D eigenvalue weighted by atomic mass is 10.3. The topological polar surface area (TPSA) is 53.1 Å². The first-order chi connectivity index (χ1) is 8.16. The number of aromatic nitrogens is 1. The van der Waals surface area contributed by atoms with E-state index in [-0.39, 0.29) is 11.6 Å². The third kappa shape index (κ3) is 2.88. The third-order valence-electron chi connectivity index (χ3n) is 2.17. The fraction of sp³-hybridized carbons (Fsp3) is 0.0833. The number of nitrogens with one attached hydrogen (secondary N) is 1. The van der Waals surface area contributed by atoms with Gasteiger partial charge in [0.15, 0.2) is 5.75 Å². The second-order valence-corrected chi connectivity index (χ2v) is 4.44. The molecule has 0 unspecified atom stereocenters. The quantitative estimate of drug-likeness (QED) is 0.824. The highest BCUT2D eigenvalue weighted by Gasteiger charge is 2.03. The van der Waals surface area contributed by atoms with Crippen LogP contribution in [-0.2, 0) is 5.75 Å². The number of hydrogen-bond acceptors (Lipinski definition) is 3. The summed E-state index contributed by atoms with van der Waals surface area (Å²) in [6, 6.07) is 7.76. The SMILES string of the molecule is O=c1cc(CSc2ccccc2F)[nH]cc1O. The van der Waals surface area contributed by atoms with Gasteiger partial charge in [-0.3, -0.25) is 4.79 Å². The van der Waals surface area contributed by atoms with Gasteiger partial charge in [-0.25, -0.2) is 4.39 Å². The Hall–Kier alpha value is -1.75. The van der Waals surface area contributed by atoms with Crippen LogP contribution >= 0.6 is 11.8 Å². The second-order valence-electron chi connectivity index (χ2n) is 3.43. The molecule has 0 atom stereocenters. The van der Waals surface area contributed by atoms with Crippen LogP contribution in [0, 0.1) is 5.82 Å². The first kappa shape index (κ1) is 11.7. The molecule has 0 radical (unpaired) electrons. The highest BCUT2D eigenvalue weighted by molar-refractivity contribution is 7.98. The van der Waals surface area contributed by atoms with Gasteiger partial charge in [-0.05, 0) is 12.1 Å². The number of halogens is 1. The van der Waals surface area contributed by atoms with Crippen molar-refractivity contribution in [3.63, 3.8) is 0 Å². The summed E-state index contributed by atoms with van der Waals surface area (Å²) in [5, 5.41) is 9.06. The van der Waals surface area contributed by atoms with Gasteiger partial charge in [0.05, 0.1) is 0 Å². The minimum Gasteiger partial charge on any atom is -0.503 e. The molecule has 0 amide bonds. The first-order valence-corrected chi connectivity index (χ1v) is 5.93. The summed E-state index contributed by atoms with van der Waals surface area (Å²) >= 11 is 1.29. The van der Waals surface area contributed by atoms with Gasteiger partial charge in [0.2, 0.25) is 5.43 Å². The van der Waals surface area contributed by atoms with Crippen LogP contribution < -0.4 is 5.43 Å². The van der Waals surface area contributed by atoms with Crippen LogP contribution in [0.4, 0.5) is 4.39 Å².